The Morgan fingerprint density at radius 2 is 1.54 bits per heavy atom. The third-order valence-corrected chi connectivity index (χ3v) is 5.45. The van der Waals surface area contributed by atoms with Crippen LogP contribution in [0.15, 0.2) is 42.5 Å². The fourth-order valence-electron chi connectivity index (χ4n) is 3.85. The number of alkyl halides is 4. The second-order valence-electron chi connectivity index (χ2n) is 7.24. The zero-order valence-corrected chi connectivity index (χ0v) is 15.2. The summed E-state index contributed by atoms with van der Waals surface area (Å²) in [5, 5.41) is 0. The van der Waals surface area contributed by atoms with Gasteiger partial charge in [0.2, 0.25) is 0 Å². The predicted octanol–water partition coefficient (Wildman–Crippen LogP) is 6.92. The van der Waals surface area contributed by atoms with E-state index in [2.05, 4.69) is 4.74 Å². The molecule has 2 aromatic carbocycles. The molecular weight excluding hydrogens is 382 g/mol. The van der Waals surface area contributed by atoms with E-state index in [1.54, 1.807) is 30.3 Å². The molecule has 0 bridgehead atoms. The van der Waals surface area contributed by atoms with Crippen molar-refractivity contribution in [2.45, 2.75) is 56.7 Å². The molecule has 0 aliphatic heterocycles. The molecule has 1 atom stereocenters. The number of benzene rings is 2. The molecule has 1 fully saturated rings. The Morgan fingerprint density at radius 3 is 2.04 bits per heavy atom. The zero-order valence-electron chi connectivity index (χ0n) is 15.2. The van der Waals surface area contributed by atoms with Crippen LogP contribution in [0.2, 0.25) is 0 Å². The van der Waals surface area contributed by atoms with Crippen LogP contribution in [0.1, 0.15) is 44.1 Å². The Labute approximate surface area is 159 Å². The lowest BCUT2D eigenvalue weighted by atomic mass is 9.75. The predicted molar refractivity (Wildman–Crippen MR) is 93.4 cm³/mol. The van der Waals surface area contributed by atoms with Crippen LogP contribution in [0.3, 0.4) is 0 Å². The van der Waals surface area contributed by atoms with Crippen molar-refractivity contribution in [1.82, 2.24) is 0 Å². The summed E-state index contributed by atoms with van der Waals surface area (Å²) in [6.07, 6.45) is -6.51. The summed E-state index contributed by atoms with van der Waals surface area (Å²) in [5.74, 6) is -1.75. The van der Waals surface area contributed by atoms with E-state index in [1.807, 2.05) is 0 Å². The Morgan fingerprint density at radius 1 is 1.00 bits per heavy atom. The van der Waals surface area contributed by atoms with Crippen LogP contribution in [0.4, 0.5) is 26.3 Å². The number of hydrogen-bond acceptors (Lipinski definition) is 1. The number of halogens is 6. The first-order valence-corrected chi connectivity index (χ1v) is 9.07. The van der Waals surface area contributed by atoms with Gasteiger partial charge in [-0.25, -0.2) is 13.2 Å². The lowest BCUT2D eigenvalue weighted by Crippen LogP contribution is -2.43. The largest absolute Gasteiger partial charge is 0.522 e. The molecular formula is C21H20F6O. The maximum absolute atomic E-state index is 14.9. The molecule has 1 nitrogen and oxygen atoms in total. The van der Waals surface area contributed by atoms with Crippen LogP contribution in [0.25, 0.3) is 11.1 Å². The third-order valence-electron chi connectivity index (χ3n) is 5.45. The molecule has 0 aromatic heterocycles. The van der Waals surface area contributed by atoms with Crippen molar-refractivity contribution in [3.05, 3.63) is 59.7 Å². The van der Waals surface area contributed by atoms with Gasteiger partial charge in [-0.1, -0.05) is 30.3 Å². The van der Waals surface area contributed by atoms with E-state index >= 15 is 0 Å². The summed E-state index contributed by atoms with van der Waals surface area (Å²) in [4.78, 5) is 0. The highest BCUT2D eigenvalue weighted by molar-refractivity contribution is 5.65. The van der Waals surface area contributed by atoms with Crippen LogP contribution < -0.4 is 0 Å². The number of rotatable bonds is 4. The number of hydrogen-bond donors (Lipinski definition) is 0. The average Bonchev–Trinajstić information content (AvgIpc) is 2.61. The van der Waals surface area contributed by atoms with Crippen LogP contribution in [0, 0.1) is 11.6 Å². The summed E-state index contributed by atoms with van der Waals surface area (Å²) >= 11 is 0. The highest BCUT2D eigenvalue weighted by Crippen LogP contribution is 2.44. The van der Waals surface area contributed by atoms with E-state index in [4.69, 9.17) is 0 Å². The molecule has 1 saturated carbocycles. The Balaban J connectivity index is 1.75. The molecule has 0 amide bonds. The van der Waals surface area contributed by atoms with E-state index in [1.165, 1.54) is 12.1 Å². The summed E-state index contributed by atoms with van der Waals surface area (Å²) < 4.78 is 84.9. The molecule has 1 aliphatic rings. The van der Waals surface area contributed by atoms with Crippen LogP contribution in [-0.2, 0) is 4.74 Å². The van der Waals surface area contributed by atoms with Crippen molar-refractivity contribution >= 4 is 0 Å². The van der Waals surface area contributed by atoms with Gasteiger partial charge in [0.05, 0.1) is 11.7 Å². The second-order valence-corrected chi connectivity index (χ2v) is 7.24. The van der Waals surface area contributed by atoms with Gasteiger partial charge in [-0.2, -0.15) is 0 Å². The maximum atomic E-state index is 14.9. The minimum Gasteiger partial charge on any atom is -0.285 e. The van der Waals surface area contributed by atoms with Gasteiger partial charge in [0.15, 0.2) is 0 Å². The maximum Gasteiger partial charge on any atom is 0.522 e. The van der Waals surface area contributed by atoms with E-state index in [9.17, 15) is 26.3 Å². The third kappa shape index (κ3) is 4.51. The van der Waals surface area contributed by atoms with E-state index in [0.717, 1.165) is 6.92 Å². The summed E-state index contributed by atoms with van der Waals surface area (Å²) in [6, 6.07) is 10.8. The highest BCUT2D eigenvalue weighted by Gasteiger charge is 2.46. The highest BCUT2D eigenvalue weighted by atomic mass is 19.4. The Hall–Kier alpha value is -2.02. The monoisotopic (exact) mass is 402 g/mol. The molecule has 0 radical (unpaired) electrons. The first-order valence-electron chi connectivity index (χ1n) is 9.07. The van der Waals surface area contributed by atoms with Gasteiger partial charge < -0.3 is 0 Å². The smallest absolute Gasteiger partial charge is 0.285 e. The van der Waals surface area contributed by atoms with Gasteiger partial charge in [-0.05, 0) is 61.8 Å². The lowest BCUT2D eigenvalue weighted by Gasteiger charge is -2.38. The summed E-state index contributed by atoms with van der Waals surface area (Å²) in [6.45, 7) is 1.06. The van der Waals surface area contributed by atoms with E-state index in [-0.39, 0.29) is 37.2 Å². The van der Waals surface area contributed by atoms with E-state index in [0.29, 0.717) is 11.1 Å². The molecule has 152 valence electrons. The van der Waals surface area contributed by atoms with Crippen molar-refractivity contribution in [2.24, 2.45) is 0 Å². The first-order chi connectivity index (χ1) is 13.1. The fourth-order valence-corrected chi connectivity index (χ4v) is 3.85. The van der Waals surface area contributed by atoms with Gasteiger partial charge in [0, 0.05) is 0 Å². The first kappa shape index (κ1) is 20.7. The van der Waals surface area contributed by atoms with Crippen molar-refractivity contribution in [3.8, 4) is 11.1 Å². The Bertz CT molecular complexity index is 786. The number of ether oxygens (including phenoxy) is 1. The zero-order chi connectivity index (χ0) is 20.5. The molecule has 2 aromatic rings. The fraction of sp³-hybridized carbons (Fsp3) is 0.429. The van der Waals surface area contributed by atoms with Gasteiger partial charge in [-0.15, -0.1) is 13.2 Å². The minimum absolute atomic E-state index is 0.132. The molecule has 0 spiro atoms. The molecule has 28 heavy (non-hydrogen) atoms. The molecule has 1 aliphatic carbocycles. The SMILES string of the molecule is CC(OC(F)(F)F)C1(F)CCC(c2cc(F)c(-c3ccccc3)c(F)c2)CC1. The van der Waals surface area contributed by atoms with Crippen molar-refractivity contribution < 1.29 is 31.1 Å². The van der Waals surface area contributed by atoms with E-state index < -0.39 is 29.8 Å². The standard InChI is InChI=1S/C21H20F6O/c1-13(28-21(25,26)27)20(24)9-7-14(8-10-20)16-11-17(22)19(18(23)12-16)15-5-3-2-4-6-15/h2-6,11-14H,7-10H2,1H3. The molecule has 0 heterocycles. The topological polar surface area (TPSA) is 9.23 Å². The van der Waals surface area contributed by atoms with Crippen molar-refractivity contribution in [1.29, 1.82) is 0 Å². The van der Waals surface area contributed by atoms with Crippen molar-refractivity contribution in [2.75, 3.05) is 0 Å². The van der Waals surface area contributed by atoms with Gasteiger partial charge >= 0.3 is 6.36 Å². The van der Waals surface area contributed by atoms with Crippen LogP contribution in [0.5, 0.6) is 0 Å². The van der Waals surface area contributed by atoms with Crippen LogP contribution >= 0.6 is 0 Å². The van der Waals surface area contributed by atoms with Gasteiger partial charge in [0.1, 0.15) is 17.3 Å². The lowest BCUT2D eigenvalue weighted by molar-refractivity contribution is -0.354. The molecule has 0 saturated heterocycles. The Kier molecular flexibility index (Phi) is 5.75. The second kappa shape index (κ2) is 7.78. The molecule has 1 unspecified atom stereocenters. The molecule has 7 heteroatoms. The molecule has 0 N–H and O–H groups in total. The molecule has 3 rings (SSSR count). The van der Waals surface area contributed by atoms with Crippen LogP contribution in [-0.4, -0.2) is 18.1 Å². The van der Waals surface area contributed by atoms with Gasteiger partial charge in [0.25, 0.3) is 0 Å². The summed E-state index contributed by atoms with van der Waals surface area (Å²) in [5.41, 5.74) is -1.45. The summed E-state index contributed by atoms with van der Waals surface area (Å²) in [7, 11) is 0. The average molecular weight is 402 g/mol. The quantitative estimate of drug-likeness (QED) is 0.504. The van der Waals surface area contributed by atoms with Crippen molar-refractivity contribution in [3.63, 3.8) is 0 Å². The minimum atomic E-state index is -4.91. The normalized spacial score (nSPS) is 24.2. The van der Waals surface area contributed by atoms with Gasteiger partial charge in [-0.3, -0.25) is 4.74 Å².